The highest BCUT2D eigenvalue weighted by Crippen LogP contribution is 2.17. The molecular formula is C21H22N2O4. The molecule has 0 atom stereocenters. The second kappa shape index (κ2) is 8.49. The van der Waals surface area contributed by atoms with Crippen molar-refractivity contribution in [2.24, 2.45) is 0 Å². The lowest BCUT2D eigenvalue weighted by Crippen LogP contribution is -2.35. The average Bonchev–Trinajstić information content (AvgIpc) is 2.68. The Morgan fingerprint density at radius 1 is 0.926 bits per heavy atom. The Morgan fingerprint density at radius 3 is 2.37 bits per heavy atom. The van der Waals surface area contributed by atoms with Crippen LogP contribution >= 0.6 is 0 Å². The zero-order valence-corrected chi connectivity index (χ0v) is 15.0. The standard InChI is InChI=1S/C21H22N2O4/c24-19(13-15-6-4-8-17(12-15)21(26)27)22-18-9-5-7-16(14-18)20(25)23-10-2-1-3-11-23/h4-9,12,14H,1-3,10-11,13H2,(H,22,24)(H,26,27). The highest BCUT2D eigenvalue weighted by molar-refractivity contribution is 5.97. The molecule has 140 valence electrons. The molecular weight excluding hydrogens is 344 g/mol. The van der Waals surface area contributed by atoms with E-state index >= 15 is 0 Å². The van der Waals surface area contributed by atoms with Crippen molar-refractivity contribution in [1.29, 1.82) is 0 Å². The van der Waals surface area contributed by atoms with Crippen molar-refractivity contribution in [3.05, 3.63) is 65.2 Å². The third kappa shape index (κ3) is 4.94. The number of carboxylic acids is 1. The van der Waals surface area contributed by atoms with Gasteiger partial charge in [0.25, 0.3) is 5.91 Å². The molecule has 27 heavy (non-hydrogen) atoms. The van der Waals surface area contributed by atoms with Crippen LogP contribution in [0.2, 0.25) is 0 Å². The molecule has 2 N–H and O–H groups in total. The molecule has 6 nitrogen and oxygen atoms in total. The summed E-state index contributed by atoms with van der Waals surface area (Å²) in [6.07, 6.45) is 3.27. The maximum absolute atomic E-state index is 12.6. The summed E-state index contributed by atoms with van der Waals surface area (Å²) < 4.78 is 0. The first-order chi connectivity index (χ1) is 13.0. The zero-order valence-electron chi connectivity index (χ0n) is 15.0. The topological polar surface area (TPSA) is 86.7 Å². The zero-order chi connectivity index (χ0) is 19.2. The fourth-order valence-electron chi connectivity index (χ4n) is 3.21. The van der Waals surface area contributed by atoms with Crippen LogP contribution in [0.15, 0.2) is 48.5 Å². The fraction of sp³-hybridized carbons (Fsp3) is 0.286. The first kappa shape index (κ1) is 18.6. The molecule has 6 heteroatoms. The monoisotopic (exact) mass is 366 g/mol. The van der Waals surface area contributed by atoms with Crippen LogP contribution in [-0.4, -0.2) is 40.9 Å². The van der Waals surface area contributed by atoms with Crippen LogP contribution in [0.3, 0.4) is 0 Å². The van der Waals surface area contributed by atoms with Gasteiger partial charge in [-0.15, -0.1) is 0 Å². The summed E-state index contributed by atoms with van der Waals surface area (Å²) in [4.78, 5) is 37.8. The molecule has 0 saturated carbocycles. The van der Waals surface area contributed by atoms with Crippen molar-refractivity contribution in [1.82, 2.24) is 4.90 Å². The quantitative estimate of drug-likeness (QED) is 0.851. The number of amides is 2. The third-order valence-electron chi connectivity index (χ3n) is 4.58. The second-order valence-electron chi connectivity index (χ2n) is 6.66. The predicted octanol–water partition coefficient (Wildman–Crippen LogP) is 3.19. The van der Waals surface area contributed by atoms with Crippen LogP contribution in [0.25, 0.3) is 0 Å². The molecule has 3 rings (SSSR count). The van der Waals surface area contributed by atoms with Gasteiger partial charge >= 0.3 is 5.97 Å². The molecule has 1 aliphatic heterocycles. The Hall–Kier alpha value is -3.15. The number of carbonyl (C=O) groups excluding carboxylic acids is 2. The van der Waals surface area contributed by atoms with Gasteiger partial charge in [0.05, 0.1) is 12.0 Å². The van der Waals surface area contributed by atoms with E-state index < -0.39 is 5.97 Å². The lowest BCUT2D eigenvalue weighted by atomic mass is 10.1. The van der Waals surface area contributed by atoms with E-state index in [0.717, 1.165) is 32.4 Å². The Morgan fingerprint density at radius 2 is 1.63 bits per heavy atom. The number of nitrogens with one attached hydrogen (secondary N) is 1. The molecule has 1 saturated heterocycles. The molecule has 2 aromatic rings. The van der Waals surface area contributed by atoms with Crippen molar-refractivity contribution < 1.29 is 19.5 Å². The number of aromatic carboxylic acids is 1. The van der Waals surface area contributed by atoms with E-state index in [9.17, 15) is 14.4 Å². The van der Waals surface area contributed by atoms with Crippen molar-refractivity contribution in [2.45, 2.75) is 25.7 Å². The Bertz CT molecular complexity index is 857. The van der Waals surface area contributed by atoms with Gasteiger partial charge in [-0.25, -0.2) is 4.79 Å². The number of carboxylic acid groups (broad SMARTS) is 1. The average molecular weight is 366 g/mol. The van der Waals surface area contributed by atoms with Gasteiger partial charge in [-0.2, -0.15) is 0 Å². The Labute approximate surface area is 157 Å². The number of nitrogens with zero attached hydrogens (tertiary/aromatic N) is 1. The van der Waals surface area contributed by atoms with Crippen LogP contribution in [0.1, 0.15) is 45.5 Å². The summed E-state index contributed by atoms with van der Waals surface area (Å²) in [5.41, 5.74) is 1.88. The number of carbonyl (C=O) groups is 3. The molecule has 2 amide bonds. The molecule has 1 aliphatic rings. The van der Waals surface area contributed by atoms with Gasteiger partial charge in [0.15, 0.2) is 0 Å². The van der Waals surface area contributed by atoms with E-state index in [1.54, 1.807) is 36.4 Å². The van der Waals surface area contributed by atoms with Crippen molar-refractivity contribution in [3.63, 3.8) is 0 Å². The van der Waals surface area contributed by atoms with E-state index in [1.165, 1.54) is 12.1 Å². The molecule has 0 radical (unpaired) electrons. The summed E-state index contributed by atoms with van der Waals surface area (Å²) in [5.74, 6) is -1.30. The second-order valence-corrected chi connectivity index (χ2v) is 6.66. The number of likely N-dealkylation sites (tertiary alicyclic amines) is 1. The first-order valence-corrected chi connectivity index (χ1v) is 9.04. The number of hydrogen-bond donors (Lipinski definition) is 2. The number of hydrogen-bond acceptors (Lipinski definition) is 3. The molecule has 0 bridgehead atoms. The number of anilines is 1. The minimum absolute atomic E-state index is 0.0139. The van der Waals surface area contributed by atoms with Gasteiger partial charge in [0, 0.05) is 24.3 Å². The molecule has 0 aliphatic carbocycles. The summed E-state index contributed by atoms with van der Waals surface area (Å²) in [6, 6.07) is 13.2. The Kier molecular flexibility index (Phi) is 5.86. The van der Waals surface area contributed by atoms with Crippen LogP contribution in [0, 0.1) is 0 Å². The number of rotatable bonds is 5. The van der Waals surface area contributed by atoms with E-state index in [-0.39, 0.29) is 23.8 Å². The van der Waals surface area contributed by atoms with Crippen LogP contribution in [0.4, 0.5) is 5.69 Å². The number of benzene rings is 2. The molecule has 0 aromatic heterocycles. The van der Waals surface area contributed by atoms with Gasteiger partial charge in [-0.05, 0) is 55.2 Å². The Balaban J connectivity index is 1.65. The first-order valence-electron chi connectivity index (χ1n) is 9.04. The fourth-order valence-corrected chi connectivity index (χ4v) is 3.21. The smallest absolute Gasteiger partial charge is 0.335 e. The van der Waals surface area contributed by atoms with Crippen LogP contribution in [0.5, 0.6) is 0 Å². The van der Waals surface area contributed by atoms with Gasteiger partial charge in [0.1, 0.15) is 0 Å². The van der Waals surface area contributed by atoms with E-state index in [1.807, 2.05) is 4.90 Å². The molecule has 1 heterocycles. The summed E-state index contributed by atoms with van der Waals surface area (Å²) >= 11 is 0. The van der Waals surface area contributed by atoms with Gasteiger partial charge in [0.2, 0.25) is 5.91 Å². The third-order valence-corrected chi connectivity index (χ3v) is 4.58. The van der Waals surface area contributed by atoms with Crippen molar-refractivity contribution in [3.8, 4) is 0 Å². The van der Waals surface area contributed by atoms with Gasteiger partial charge in [-0.3, -0.25) is 9.59 Å². The van der Waals surface area contributed by atoms with E-state index in [4.69, 9.17) is 5.11 Å². The minimum Gasteiger partial charge on any atom is -0.478 e. The highest BCUT2D eigenvalue weighted by atomic mass is 16.4. The maximum Gasteiger partial charge on any atom is 0.335 e. The van der Waals surface area contributed by atoms with Gasteiger partial charge in [-0.1, -0.05) is 18.2 Å². The normalized spacial score (nSPS) is 13.9. The van der Waals surface area contributed by atoms with Crippen LogP contribution in [-0.2, 0) is 11.2 Å². The summed E-state index contributed by atoms with van der Waals surface area (Å²) in [6.45, 7) is 1.55. The molecule has 2 aromatic carbocycles. The predicted molar refractivity (Wildman–Crippen MR) is 102 cm³/mol. The molecule has 1 fully saturated rings. The number of piperidine rings is 1. The minimum atomic E-state index is -1.03. The summed E-state index contributed by atoms with van der Waals surface area (Å²) in [7, 11) is 0. The lowest BCUT2D eigenvalue weighted by molar-refractivity contribution is -0.115. The highest BCUT2D eigenvalue weighted by Gasteiger charge is 2.18. The SMILES string of the molecule is O=C(Cc1cccc(C(=O)O)c1)Nc1cccc(C(=O)N2CCCCC2)c1. The summed E-state index contributed by atoms with van der Waals surface area (Å²) in [5, 5.41) is 11.8. The van der Waals surface area contributed by atoms with Crippen molar-refractivity contribution in [2.75, 3.05) is 18.4 Å². The largest absolute Gasteiger partial charge is 0.478 e. The molecule has 0 spiro atoms. The maximum atomic E-state index is 12.6. The molecule has 0 unspecified atom stereocenters. The van der Waals surface area contributed by atoms with Gasteiger partial charge < -0.3 is 15.3 Å². The lowest BCUT2D eigenvalue weighted by Gasteiger charge is -2.26. The van der Waals surface area contributed by atoms with Crippen molar-refractivity contribution >= 4 is 23.5 Å². The van der Waals surface area contributed by atoms with Crippen LogP contribution < -0.4 is 5.32 Å². The van der Waals surface area contributed by atoms with E-state index in [2.05, 4.69) is 5.32 Å². The van der Waals surface area contributed by atoms with E-state index in [0.29, 0.717) is 16.8 Å².